The maximum Gasteiger partial charge on any atom is 0.272 e. The van der Waals surface area contributed by atoms with E-state index in [1.54, 1.807) is 6.07 Å². The summed E-state index contributed by atoms with van der Waals surface area (Å²) in [6, 6.07) is 13.6. The van der Waals surface area contributed by atoms with Gasteiger partial charge in [-0.2, -0.15) is 5.10 Å². The Bertz CT molecular complexity index is 1060. The van der Waals surface area contributed by atoms with Crippen LogP contribution in [0.1, 0.15) is 25.7 Å². The van der Waals surface area contributed by atoms with Crippen molar-refractivity contribution in [3.8, 4) is 11.3 Å². The smallest absolute Gasteiger partial charge is 0.272 e. The lowest BCUT2D eigenvalue weighted by Gasteiger charge is -2.27. The summed E-state index contributed by atoms with van der Waals surface area (Å²) in [5.74, 6) is 0. The maximum absolute atomic E-state index is 12.1. The number of aromatic amines is 1. The summed E-state index contributed by atoms with van der Waals surface area (Å²) in [7, 11) is 0. The van der Waals surface area contributed by atoms with Crippen LogP contribution < -0.4 is 15.8 Å². The first-order valence-corrected chi connectivity index (χ1v) is 10.6. The van der Waals surface area contributed by atoms with Crippen LogP contribution in [-0.2, 0) is 0 Å². The molecule has 0 amide bonds. The third kappa shape index (κ3) is 4.32. The highest BCUT2D eigenvalue weighted by atomic mass is 16.3. The molecule has 0 saturated carbocycles. The zero-order valence-electron chi connectivity index (χ0n) is 17.0. The summed E-state index contributed by atoms with van der Waals surface area (Å²) in [6.45, 7) is 1.95. The van der Waals surface area contributed by atoms with Crippen molar-refractivity contribution in [2.45, 2.75) is 31.8 Å². The Morgan fingerprint density at radius 3 is 2.53 bits per heavy atom. The molecule has 1 aliphatic heterocycles. The lowest BCUT2D eigenvalue weighted by atomic mass is 10.0. The molecule has 0 bridgehead atoms. The van der Waals surface area contributed by atoms with Gasteiger partial charge in [0.1, 0.15) is 0 Å². The maximum atomic E-state index is 12.1. The molecule has 2 heterocycles. The lowest BCUT2D eigenvalue weighted by molar-refractivity contribution is 0.105. The van der Waals surface area contributed by atoms with E-state index < -0.39 is 6.10 Å². The van der Waals surface area contributed by atoms with E-state index in [1.165, 1.54) is 12.8 Å². The topological polar surface area (TPSA) is 101 Å². The number of benzene rings is 2. The number of fused-ring (bicyclic) bond motifs is 1. The van der Waals surface area contributed by atoms with Gasteiger partial charge in [0.15, 0.2) is 0 Å². The van der Waals surface area contributed by atoms with Crippen molar-refractivity contribution in [2.24, 2.45) is 0 Å². The second-order valence-electron chi connectivity index (χ2n) is 7.80. The molecule has 1 aromatic heterocycles. The van der Waals surface area contributed by atoms with Gasteiger partial charge in [-0.3, -0.25) is 4.79 Å². The average Bonchev–Trinajstić information content (AvgIpc) is 3.07. The number of aliphatic hydroxyl groups excluding tert-OH is 2. The van der Waals surface area contributed by atoms with E-state index in [0.717, 1.165) is 48.3 Å². The Morgan fingerprint density at radius 2 is 1.80 bits per heavy atom. The van der Waals surface area contributed by atoms with Gasteiger partial charge in [-0.1, -0.05) is 37.1 Å². The fraction of sp³-hybridized carbons (Fsp3) is 0.391. The van der Waals surface area contributed by atoms with E-state index >= 15 is 0 Å². The molecule has 0 spiro atoms. The van der Waals surface area contributed by atoms with Gasteiger partial charge in [0.2, 0.25) is 0 Å². The van der Waals surface area contributed by atoms with Crippen LogP contribution in [0.2, 0.25) is 0 Å². The van der Waals surface area contributed by atoms with Gasteiger partial charge >= 0.3 is 0 Å². The molecular weight excluding hydrogens is 380 g/mol. The standard InChI is InChI=1S/C23H28N4O3/c28-15-17(29)14-24-20-13-16(9-10-21(20)27-11-5-1-2-6-12-27)22-18-7-3-4-8-19(18)23(30)26-25-22/h3-4,7-10,13,17,24,28-29H,1-2,5-6,11-12,14-15H2,(H,26,30). The molecular formula is C23H28N4O3. The van der Waals surface area contributed by atoms with E-state index in [9.17, 15) is 15.0 Å². The Hall–Kier alpha value is -2.90. The minimum absolute atomic E-state index is 0.208. The van der Waals surface area contributed by atoms with Crippen LogP contribution in [0.4, 0.5) is 11.4 Å². The van der Waals surface area contributed by atoms with Gasteiger partial charge in [0, 0.05) is 30.6 Å². The number of H-pyrrole nitrogens is 1. The van der Waals surface area contributed by atoms with Crippen molar-refractivity contribution in [1.82, 2.24) is 10.2 Å². The fourth-order valence-corrected chi connectivity index (χ4v) is 4.04. The third-order valence-corrected chi connectivity index (χ3v) is 5.65. The summed E-state index contributed by atoms with van der Waals surface area (Å²) < 4.78 is 0. The second kappa shape index (κ2) is 9.28. The van der Waals surface area contributed by atoms with Gasteiger partial charge in [0.05, 0.1) is 35.2 Å². The molecule has 1 atom stereocenters. The Balaban J connectivity index is 1.76. The molecule has 1 aliphatic rings. The number of nitrogens with one attached hydrogen (secondary N) is 2. The van der Waals surface area contributed by atoms with Crippen LogP contribution in [0, 0.1) is 0 Å². The molecule has 7 heteroatoms. The molecule has 7 nitrogen and oxygen atoms in total. The number of anilines is 2. The average molecular weight is 409 g/mol. The van der Waals surface area contributed by atoms with E-state index in [-0.39, 0.29) is 18.7 Å². The zero-order valence-corrected chi connectivity index (χ0v) is 17.0. The van der Waals surface area contributed by atoms with Gasteiger partial charge in [0.25, 0.3) is 5.56 Å². The summed E-state index contributed by atoms with van der Waals surface area (Å²) in [6.07, 6.45) is 3.97. The Morgan fingerprint density at radius 1 is 1.07 bits per heavy atom. The van der Waals surface area contributed by atoms with Crippen molar-refractivity contribution in [3.63, 3.8) is 0 Å². The quantitative estimate of drug-likeness (QED) is 0.500. The number of hydrogen-bond acceptors (Lipinski definition) is 6. The molecule has 1 fully saturated rings. The fourth-order valence-electron chi connectivity index (χ4n) is 4.04. The Kier molecular flexibility index (Phi) is 6.30. The van der Waals surface area contributed by atoms with E-state index in [1.807, 2.05) is 30.3 Å². The molecule has 0 radical (unpaired) electrons. The molecule has 4 rings (SSSR count). The molecule has 158 valence electrons. The van der Waals surface area contributed by atoms with Crippen LogP contribution >= 0.6 is 0 Å². The minimum Gasteiger partial charge on any atom is -0.394 e. The lowest BCUT2D eigenvalue weighted by Crippen LogP contribution is -2.27. The molecule has 30 heavy (non-hydrogen) atoms. The normalized spacial score (nSPS) is 15.7. The van der Waals surface area contributed by atoms with Crippen molar-refractivity contribution >= 4 is 22.1 Å². The van der Waals surface area contributed by atoms with Crippen molar-refractivity contribution in [2.75, 3.05) is 36.5 Å². The SMILES string of the molecule is O=c1[nH]nc(-c2ccc(N3CCCCCC3)c(NCC(O)CO)c2)c2ccccc12. The zero-order chi connectivity index (χ0) is 20.9. The first-order valence-electron chi connectivity index (χ1n) is 10.6. The largest absolute Gasteiger partial charge is 0.394 e. The monoisotopic (exact) mass is 408 g/mol. The van der Waals surface area contributed by atoms with Crippen LogP contribution in [0.25, 0.3) is 22.0 Å². The van der Waals surface area contributed by atoms with Crippen LogP contribution in [0.5, 0.6) is 0 Å². The van der Waals surface area contributed by atoms with Crippen LogP contribution in [-0.4, -0.2) is 52.8 Å². The number of aliphatic hydroxyl groups is 2. The minimum atomic E-state index is -0.835. The first kappa shape index (κ1) is 20.4. The van der Waals surface area contributed by atoms with E-state index in [2.05, 4.69) is 26.5 Å². The van der Waals surface area contributed by atoms with Crippen LogP contribution in [0.3, 0.4) is 0 Å². The highest BCUT2D eigenvalue weighted by Crippen LogP contribution is 2.34. The van der Waals surface area contributed by atoms with E-state index in [4.69, 9.17) is 0 Å². The first-order chi connectivity index (χ1) is 14.7. The van der Waals surface area contributed by atoms with Crippen molar-refractivity contribution in [3.05, 3.63) is 52.8 Å². The Labute approximate surface area is 175 Å². The van der Waals surface area contributed by atoms with Crippen molar-refractivity contribution < 1.29 is 10.2 Å². The number of hydrogen-bond donors (Lipinski definition) is 4. The van der Waals surface area contributed by atoms with Gasteiger partial charge in [-0.15, -0.1) is 0 Å². The highest BCUT2D eigenvalue weighted by Gasteiger charge is 2.17. The van der Waals surface area contributed by atoms with E-state index in [0.29, 0.717) is 11.1 Å². The third-order valence-electron chi connectivity index (χ3n) is 5.65. The predicted octanol–water partition coefficient (Wildman–Crippen LogP) is 2.74. The highest BCUT2D eigenvalue weighted by molar-refractivity contribution is 5.94. The van der Waals surface area contributed by atoms with Gasteiger partial charge in [-0.25, -0.2) is 5.10 Å². The number of aromatic nitrogens is 2. The molecule has 1 saturated heterocycles. The predicted molar refractivity (Wildman–Crippen MR) is 120 cm³/mol. The molecule has 0 aliphatic carbocycles. The summed E-state index contributed by atoms with van der Waals surface area (Å²) in [4.78, 5) is 14.5. The number of rotatable bonds is 6. The van der Waals surface area contributed by atoms with Crippen molar-refractivity contribution in [1.29, 1.82) is 0 Å². The second-order valence-corrected chi connectivity index (χ2v) is 7.80. The molecule has 3 aromatic rings. The summed E-state index contributed by atoms with van der Waals surface area (Å²) >= 11 is 0. The summed E-state index contributed by atoms with van der Waals surface area (Å²) in [5.41, 5.74) is 3.35. The van der Waals surface area contributed by atoms with Gasteiger partial charge in [-0.05, 0) is 31.0 Å². The summed E-state index contributed by atoms with van der Waals surface area (Å²) in [5, 5.41) is 30.7. The van der Waals surface area contributed by atoms with Gasteiger partial charge < -0.3 is 20.4 Å². The molecule has 1 unspecified atom stereocenters. The van der Waals surface area contributed by atoms with Crippen LogP contribution in [0.15, 0.2) is 47.3 Å². The molecule has 4 N–H and O–H groups in total. The molecule has 2 aromatic carbocycles. The number of nitrogens with zero attached hydrogens (tertiary/aromatic N) is 2.